The molecule has 1 heterocycles. The van der Waals surface area contributed by atoms with E-state index in [2.05, 4.69) is 4.98 Å². The zero-order valence-electron chi connectivity index (χ0n) is 10.9. The van der Waals surface area contributed by atoms with Gasteiger partial charge >= 0.3 is 12.1 Å². The molecular formula is C12H15F3N2O2. The number of carboxylic acids is 1. The van der Waals surface area contributed by atoms with Gasteiger partial charge in [-0.15, -0.1) is 0 Å². The van der Waals surface area contributed by atoms with Gasteiger partial charge in [-0.25, -0.2) is 4.79 Å². The summed E-state index contributed by atoms with van der Waals surface area (Å²) in [6.07, 6.45) is -4.39. The summed E-state index contributed by atoms with van der Waals surface area (Å²) in [6, 6.07) is 1.37. The molecule has 1 N–H and O–H groups in total. The maximum Gasteiger partial charge on any atom is 0.405 e. The number of aromatic nitrogens is 1. The molecule has 19 heavy (non-hydrogen) atoms. The van der Waals surface area contributed by atoms with Gasteiger partial charge in [0.1, 0.15) is 12.1 Å². The second-order valence-electron chi connectivity index (χ2n) is 4.18. The fourth-order valence-electron chi connectivity index (χ4n) is 1.91. The number of aromatic carboxylic acids is 1. The summed E-state index contributed by atoms with van der Waals surface area (Å²) in [7, 11) is 0. The van der Waals surface area contributed by atoms with E-state index in [1.165, 1.54) is 13.0 Å². The van der Waals surface area contributed by atoms with Crippen LogP contribution in [0.4, 0.5) is 18.9 Å². The summed E-state index contributed by atoms with van der Waals surface area (Å²) in [5.41, 5.74) is 0.565. The summed E-state index contributed by atoms with van der Waals surface area (Å²) < 4.78 is 37.5. The Balaban J connectivity index is 3.33. The van der Waals surface area contributed by atoms with Crippen LogP contribution in [-0.4, -0.2) is 35.3 Å². The van der Waals surface area contributed by atoms with Crippen LogP contribution in [0.2, 0.25) is 0 Å². The van der Waals surface area contributed by atoms with Gasteiger partial charge in [0.05, 0.1) is 11.4 Å². The summed E-state index contributed by atoms with van der Waals surface area (Å²) in [4.78, 5) is 16.2. The highest BCUT2D eigenvalue weighted by Gasteiger charge is 2.32. The van der Waals surface area contributed by atoms with E-state index in [0.29, 0.717) is 5.69 Å². The van der Waals surface area contributed by atoms with Gasteiger partial charge in [-0.05, 0) is 26.8 Å². The number of hydrogen-bond acceptors (Lipinski definition) is 3. The molecule has 0 amide bonds. The number of alkyl halides is 3. The van der Waals surface area contributed by atoms with Crippen molar-refractivity contribution in [3.8, 4) is 0 Å². The van der Waals surface area contributed by atoms with E-state index >= 15 is 0 Å². The lowest BCUT2D eigenvalue weighted by Gasteiger charge is -2.26. The second-order valence-corrected chi connectivity index (χ2v) is 4.18. The fourth-order valence-corrected chi connectivity index (χ4v) is 1.91. The predicted molar refractivity (Wildman–Crippen MR) is 64.6 cm³/mol. The average molecular weight is 276 g/mol. The number of nitrogens with zero attached hydrogens (tertiary/aromatic N) is 2. The molecule has 0 saturated carbocycles. The molecule has 7 heteroatoms. The highest BCUT2D eigenvalue weighted by atomic mass is 19.4. The Labute approximate surface area is 108 Å². The van der Waals surface area contributed by atoms with Crippen LogP contribution in [0.5, 0.6) is 0 Å². The van der Waals surface area contributed by atoms with Gasteiger partial charge in [0.25, 0.3) is 0 Å². The molecular weight excluding hydrogens is 261 g/mol. The van der Waals surface area contributed by atoms with Crippen LogP contribution < -0.4 is 4.90 Å². The third kappa shape index (κ3) is 3.84. The first-order valence-corrected chi connectivity index (χ1v) is 5.69. The van der Waals surface area contributed by atoms with E-state index in [0.717, 1.165) is 4.90 Å². The zero-order valence-corrected chi connectivity index (χ0v) is 10.9. The molecule has 0 spiro atoms. The molecule has 0 radical (unpaired) electrons. The van der Waals surface area contributed by atoms with Gasteiger partial charge in [0.15, 0.2) is 0 Å². The van der Waals surface area contributed by atoms with Crippen molar-refractivity contribution in [1.29, 1.82) is 0 Å². The Morgan fingerprint density at radius 2 is 2.00 bits per heavy atom. The third-order valence-electron chi connectivity index (χ3n) is 2.61. The van der Waals surface area contributed by atoms with Crippen LogP contribution in [-0.2, 0) is 0 Å². The zero-order chi connectivity index (χ0) is 14.8. The first-order valence-electron chi connectivity index (χ1n) is 5.69. The number of aryl methyl sites for hydroxylation is 2. The Morgan fingerprint density at radius 1 is 1.42 bits per heavy atom. The van der Waals surface area contributed by atoms with Crippen molar-refractivity contribution in [3.63, 3.8) is 0 Å². The maximum atomic E-state index is 12.5. The molecule has 0 unspecified atom stereocenters. The molecule has 1 aromatic heterocycles. The van der Waals surface area contributed by atoms with Crippen molar-refractivity contribution in [3.05, 3.63) is 23.0 Å². The number of rotatable bonds is 4. The summed E-state index contributed by atoms with van der Waals surface area (Å²) >= 11 is 0. The first-order chi connectivity index (χ1) is 8.65. The first kappa shape index (κ1) is 15.3. The normalized spacial score (nSPS) is 11.5. The smallest absolute Gasteiger partial charge is 0.405 e. The van der Waals surface area contributed by atoms with E-state index in [4.69, 9.17) is 5.11 Å². The number of anilines is 1. The van der Waals surface area contributed by atoms with Crippen LogP contribution in [0.3, 0.4) is 0 Å². The molecule has 0 aliphatic carbocycles. The number of hydrogen-bond donors (Lipinski definition) is 1. The highest BCUT2D eigenvalue weighted by Crippen LogP contribution is 2.27. The van der Waals surface area contributed by atoms with Gasteiger partial charge in [0.2, 0.25) is 0 Å². The fraction of sp³-hybridized carbons (Fsp3) is 0.500. The minimum atomic E-state index is -4.39. The molecule has 0 saturated heterocycles. The molecule has 0 bridgehead atoms. The Kier molecular flexibility index (Phi) is 4.39. The minimum absolute atomic E-state index is 0.0531. The Hall–Kier alpha value is -1.79. The predicted octanol–water partition coefficient (Wildman–Crippen LogP) is 2.79. The van der Waals surface area contributed by atoms with Crippen molar-refractivity contribution in [2.45, 2.75) is 26.9 Å². The van der Waals surface area contributed by atoms with Gasteiger partial charge in [-0.3, -0.25) is 4.98 Å². The minimum Gasteiger partial charge on any atom is -0.478 e. The molecule has 4 nitrogen and oxygen atoms in total. The molecule has 1 rings (SSSR count). The van der Waals surface area contributed by atoms with Crippen molar-refractivity contribution in [2.75, 3.05) is 18.0 Å². The molecule has 0 aliphatic rings. The lowest BCUT2D eigenvalue weighted by Crippen LogP contribution is -2.35. The lowest BCUT2D eigenvalue weighted by atomic mass is 10.1. The van der Waals surface area contributed by atoms with Gasteiger partial charge in [-0.2, -0.15) is 13.2 Å². The summed E-state index contributed by atoms with van der Waals surface area (Å²) in [6.45, 7) is 3.50. The van der Waals surface area contributed by atoms with Crippen LogP contribution in [0.25, 0.3) is 0 Å². The molecule has 106 valence electrons. The Bertz CT molecular complexity index is 487. The summed E-state index contributed by atoms with van der Waals surface area (Å²) in [5, 5.41) is 9.13. The number of halogens is 3. The van der Waals surface area contributed by atoms with Gasteiger partial charge in [-0.1, -0.05) is 0 Å². The largest absolute Gasteiger partial charge is 0.478 e. The van der Waals surface area contributed by atoms with Crippen LogP contribution in [0.1, 0.15) is 28.7 Å². The van der Waals surface area contributed by atoms with Crippen LogP contribution in [0, 0.1) is 13.8 Å². The highest BCUT2D eigenvalue weighted by molar-refractivity contribution is 5.95. The Morgan fingerprint density at radius 3 is 2.42 bits per heavy atom. The lowest BCUT2D eigenvalue weighted by molar-refractivity contribution is -0.119. The quantitative estimate of drug-likeness (QED) is 0.918. The van der Waals surface area contributed by atoms with Crippen molar-refractivity contribution in [1.82, 2.24) is 4.98 Å². The molecule has 0 aliphatic heterocycles. The molecule has 0 fully saturated rings. The summed E-state index contributed by atoms with van der Waals surface area (Å²) in [5.74, 6) is -1.28. The topological polar surface area (TPSA) is 53.4 Å². The maximum absolute atomic E-state index is 12.5. The number of carboxylic acid groups (broad SMARTS) is 1. The molecule has 0 atom stereocenters. The van der Waals surface area contributed by atoms with E-state index in [1.54, 1.807) is 13.8 Å². The standard InChI is InChI=1S/C12H15F3N2O2/c1-4-17(6-12(13,14)15)9-5-7(2)16-8(3)10(9)11(18)19/h5H,4,6H2,1-3H3,(H,18,19). The second kappa shape index (κ2) is 5.46. The number of carbonyl (C=O) groups is 1. The van der Waals surface area contributed by atoms with Crippen LogP contribution in [0.15, 0.2) is 6.07 Å². The third-order valence-corrected chi connectivity index (χ3v) is 2.61. The van der Waals surface area contributed by atoms with Crippen molar-refractivity contribution in [2.24, 2.45) is 0 Å². The monoisotopic (exact) mass is 276 g/mol. The van der Waals surface area contributed by atoms with Gasteiger partial charge in [0, 0.05) is 12.2 Å². The SMILES string of the molecule is CCN(CC(F)(F)F)c1cc(C)nc(C)c1C(=O)O. The van der Waals surface area contributed by atoms with E-state index in [1.807, 2.05) is 0 Å². The van der Waals surface area contributed by atoms with Crippen LogP contribution >= 0.6 is 0 Å². The molecule has 0 aromatic carbocycles. The number of pyridine rings is 1. The van der Waals surface area contributed by atoms with E-state index in [9.17, 15) is 18.0 Å². The average Bonchev–Trinajstić information content (AvgIpc) is 2.22. The van der Waals surface area contributed by atoms with Crippen molar-refractivity contribution >= 4 is 11.7 Å². The van der Waals surface area contributed by atoms with E-state index in [-0.39, 0.29) is 23.5 Å². The van der Waals surface area contributed by atoms with Crippen molar-refractivity contribution < 1.29 is 23.1 Å². The molecule has 1 aromatic rings. The van der Waals surface area contributed by atoms with E-state index < -0.39 is 18.7 Å². The van der Waals surface area contributed by atoms with Gasteiger partial charge < -0.3 is 10.0 Å².